The summed E-state index contributed by atoms with van der Waals surface area (Å²) in [5.41, 5.74) is 4.19. The number of pyridine rings is 2. The average Bonchev–Trinajstić information content (AvgIpc) is 3.13. The van der Waals surface area contributed by atoms with E-state index in [0.29, 0.717) is 19.0 Å². The van der Waals surface area contributed by atoms with Crippen molar-refractivity contribution in [2.45, 2.75) is 13.2 Å². The third-order valence-corrected chi connectivity index (χ3v) is 5.23. The molecule has 3 heterocycles. The Bertz CT molecular complexity index is 1300. The van der Waals surface area contributed by atoms with Crippen LogP contribution >= 0.6 is 0 Å². The van der Waals surface area contributed by atoms with Crippen molar-refractivity contribution >= 4 is 21.8 Å². The molecular formula is C25H21N3O2. The lowest BCUT2D eigenvalue weighted by molar-refractivity contribution is 0.292. The SMILES string of the molecule is COc1ccc(Cn2c3ccccc3c3ccnc(OCc4ccccn4)c32)cc1. The number of aromatic nitrogens is 3. The molecule has 30 heavy (non-hydrogen) atoms. The van der Waals surface area contributed by atoms with Gasteiger partial charge in [-0.1, -0.05) is 36.4 Å². The predicted molar refractivity (Wildman–Crippen MR) is 118 cm³/mol. The summed E-state index contributed by atoms with van der Waals surface area (Å²) in [6.07, 6.45) is 3.58. The van der Waals surface area contributed by atoms with Gasteiger partial charge in [-0.2, -0.15) is 0 Å². The number of nitrogens with zero attached hydrogens (tertiary/aromatic N) is 3. The van der Waals surface area contributed by atoms with Crippen molar-refractivity contribution in [1.29, 1.82) is 0 Å². The van der Waals surface area contributed by atoms with Gasteiger partial charge in [-0.3, -0.25) is 4.98 Å². The van der Waals surface area contributed by atoms with Gasteiger partial charge in [-0.25, -0.2) is 4.98 Å². The molecule has 0 aliphatic rings. The number of ether oxygens (including phenoxy) is 2. The van der Waals surface area contributed by atoms with E-state index in [9.17, 15) is 0 Å². The maximum absolute atomic E-state index is 6.14. The van der Waals surface area contributed by atoms with E-state index in [2.05, 4.69) is 57.0 Å². The van der Waals surface area contributed by atoms with Crippen molar-refractivity contribution in [3.05, 3.63) is 96.4 Å². The first kappa shape index (κ1) is 18.2. The Balaban J connectivity index is 1.61. The number of methoxy groups -OCH3 is 1. The van der Waals surface area contributed by atoms with Crippen LogP contribution in [-0.4, -0.2) is 21.6 Å². The van der Waals surface area contributed by atoms with Gasteiger partial charge in [0.05, 0.1) is 12.8 Å². The predicted octanol–water partition coefficient (Wildman–Crippen LogP) is 5.22. The second-order valence-corrected chi connectivity index (χ2v) is 7.07. The molecule has 0 aliphatic heterocycles. The fraction of sp³-hybridized carbons (Fsp3) is 0.120. The summed E-state index contributed by atoms with van der Waals surface area (Å²) >= 11 is 0. The van der Waals surface area contributed by atoms with Gasteiger partial charge in [0.2, 0.25) is 5.88 Å². The van der Waals surface area contributed by atoms with Crippen molar-refractivity contribution in [3.8, 4) is 11.6 Å². The third kappa shape index (κ3) is 3.35. The van der Waals surface area contributed by atoms with Crippen LogP contribution in [0.4, 0.5) is 0 Å². The van der Waals surface area contributed by atoms with Gasteiger partial charge >= 0.3 is 0 Å². The van der Waals surface area contributed by atoms with E-state index in [-0.39, 0.29) is 0 Å². The van der Waals surface area contributed by atoms with Crippen LogP contribution in [0.25, 0.3) is 21.8 Å². The van der Waals surface area contributed by atoms with Crippen LogP contribution in [0.1, 0.15) is 11.3 Å². The van der Waals surface area contributed by atoms with Crippen molar-refractivity contribution in [3.63, 3.8) is 0 Å². The summed E-state index contributed by atoms with van der Waals surface area (Å²) in [5, 5.41) is 2.32. The zero-order valence-electron chi connectivity index (χ0n) is 16.7. The molecule has 5 heteroatoms. The molecule has 148 valence electrons. The van der Waals surface area contributed by atoms with Gasteiger partial charge in [-0.05, 0) is 42.0 Å². The zero-order chi connectivity index (χ0) is 20.3. The minimum atomic E-state index is 0.372. The van der Waals surface area contributed by atoms with Crippen LogP contribution in [0, 0.1) is 0 Å². The van der Waals surface area contributed by atoms with Crippen LogP contribution in [0.3, 0.4) is 0 Å². The van der Waals surface area contributed by atoms with E-state index in [1.807, 2.05) is 30.3 Å². The maximum atomic E-state index is 6.14. The average molecular weight is 395 g/mol. The summed E-state index contributed by atoms with van der Waals surface area (Å²) in [4.78, 5) is 8.91. The van der Waals surface area contributed by atoms with Gasteiger partial charge in [0.15, 0.2) is 0 Å². The molecule has 0 unspecified atom stereocenters. The van der Waals surface area contributed by atoms with Crippen LogP contribution in [0.2, 0.25) is 0 Å². The molecule has 0 saturated carbocycles. The Labute approximate surface area is 174 Å². The highest BCUT2D eigenvalue weighted by molar-refractivity contribution is 6.09. The molecule has 3 aromatic heterocycles. The highest BCUT2D eigenvalue weighted by Gasteiger charge is 2.16. The summed E-state index contributed by atoms with van der Waals surface area (Å²) < 4.78 is 13.7. The first-order valence-corrected chi connectivity index (χ1v) is 9.85. The number of para-hydroxylation sites is 1. The van der Waals surface area contributed by atoms with Crippen molar-refractivity contribution in [2.75, 3.05) is 7.11 Å². The van der Waals surface area contributed by atoms with E-state index in [4.69, 9.17) is 9.47 Å². The lowest BCUT2D eigenvalue weighted by Crippen LogP contribution is -2.04. The van der Waals surface area contributed by atoms with Crippen molar-refractivity contribution in [1.82, 2.24) is 14.5 Å². The Morgan fingerprint density at radius 2 is 1.63 bits per heavy atom. The molecule has 0 spiro atoms. The standard InChI is InChI=1S/C25H21N3O2/c1-29-20-11-9-18(10-12-20)16-28-23-8-3-2-7-21(23)22-13-15-27-25(24(22)28)30-17-19-6-4-5-14-26-19/h2-15H,16-17H2,1H3. The topological polar surface area (TPSA) is 49.2 Å². The van der Waals surface area contributed by atoms with Crippen molar-refractivity contribution < 1.29 is 9.47 Å². The molecule has 5 rings (SSSR count). The van der Waals surface area contributed by atoms with Gasteiger partial charge in [0.1, 0.15) is 17.9 Å². The Hall–Kier alpha value is -3.86. The van der Waals surface area contributed by atoms with Crippen molar-refractivity contribution in [2.24, 2.45) is 0 Å². The van der Waals surface area contributed by atoms with Gasteiger partial charge < -0.3 is 14.0 Å². The summed E-state index contributed by atoms with van der Waals surface area (Å²) in [6, 6.07) is 24.4. The number of hydrogen-bond acceptors (Lipinski definition) is 4. The number of hydrogen-bond donors (Lipinski definition) is 0. The largest absolute Gasteiger partial charge is 0.497 e. The third-order valence-electron chi connectivity index (χ3n) is 5.23. The van der Waals surface area contributed by atoms with E-state index in [1.165, 1.54) is 10.9 Å². The van der Waals surface area contributed by atoms with Crippen LogP contribution < -0.4 is 9.47 Å². The number of benzene rings is 2. The normalized spacial score (nSPS) is 11.1. The number of fused-ring (bicyclic) bond motifs is 3. The molecule has 0 radical (unpaired) electrons. The van der Waals surface area contributed by atoms with E-state index in [0.717, 1.165) is 27.9 Å². The van der Waals surface area contributed by atoms with Crippen LogP contribution in [-0.2, 0) is 13.2 Å². The quantitative estimate of drug-likeness (QED) is 0.395. The summed E-state index contributed by atoms with van der Waals surface area (Å²) in [5.74, 6) is 1.46. The van der Waals surface area contributed by atoms with Crippen LogP contribution in [0.15, 0.2) is 85.2 Å². The van der Waals surface area contributed by atoms with Gasteiger partial charge in [-0.15, -0.1) is 0 Å². The highest BCUT2D eigenvalue weighted by Crippen LogP contribution is 2.34. The molecule has 0 amide bonds. The van der Waals surface area contributed by atoms with Gasteiger partial charge in [0, 0.05) is 35.2 Å². The monoisotopic (exact) mass is 395 g/mol. The molecule has 0 bridgehead atoms. The fourth-order valence-corrected chi connectivity index (χ4v) is 3.78. The summed E-state index contributed by atoms with van der Waals surface area (Å²) in [7, 11) is 1.68. The zero-order valence-corrected chi connectivity index (χ0v) is 16.7. The first-order chi connectivity index (χ1) is 14.8. The molecule has 0 N–H and O–H groups in total. The Kier molecular flexibility index (Phi) is 4.77. The minimum Gasteiger partial charge on any atom is -0.497 e. The van der Waals surface area contributed by atoms with Gasteiger partial charge in [0.25, 0.3) is 0 Å². The summed E-state index contributed by atoms with van der Waals surface area (Å²) in [6.45, 7) is 1.08. The molecule has 5 aromatic rings. The van der Waals surface area contributed by atoms with Crippen LogP contribution in [0.5, 0.6) is 11.6 Å². The molecule has 2 aromatic carbocycles. The maximum Gasteiger partial charge on any atom is 0.238 e. The lowest BCUT2D eigenvalue weighted by atomic mass is 10.2. The highest BCUT2D eigenvalue weighted by atomic mass is 16.5. The molecule has 0 fully saturated rings. The molecule has 0 atom stereocenters. The number of rotatable bonds is 6. The van der Waals surface area contributed by atoms with E-state index >= 15 is 0 Å². The Morgan fingerprint density at radius 3 is 2.43 bits per heavy atom. The molecular weight excluding hydrogens is 374 g/mol. The second-order valence-electron chi connectivity index (χ2n) is 7.07. The first-order valence-electron chi connectivity index (χ1n) is 9.85. The molecule has 0 saturated heterocycles. The van der Waals surface area contributed by atoms with E-state index in [1.54, 1.807) is 19.5 Å². The lowest BCUT2D eigenvalue weighted by Gasteiger charge is -2.12. The smallest absolute Gasteiger partial charge is 0.238 e. The second kappa shape index (κ2) is 7.87. The fourth-order valence-electron chi connectivity index (χ4n) is 3.78. The minimum absolute atomic E-state index is 0.372. The molecule has 0 aliphatic carbocycles. The Morgan fingerprint density at radius 1 is 0.800 bits per heavy atom. The molecule has 5 nitrogen and oxygen atoms in total. The van der Waals surface area contributed by atoms with E-state index < -0.39 is 0 Å².